The molecule has 0 saturated carbocycles. The van der Waals surface area contributed by atoms with Gasteiger partial charge in [0.25, 0.3) is 0 Å². The minimum atomic E-state index is -0.418. The van der Waals surface area contributed by atoms with Crippen LogP contribution in [0.25, 0.3) is 0 Å². The lowest BCUT2D eigenvalue weighted by Crippen LogP contribution is -2.09. The summed E-state index contributed by atoms with van der Waals surface area (Å²) in [5.41, 5.74) is 1.30. The fourth-order valence-corrected chi connectivity index (χ4v) is 2.42. The van der Waals surface area contributed by atoms with E-state index < -0.39 is 5.82 Å². The van der Waals surface area contributed by atoms with Crippen LogP contribution in [-0.4, -0.2) is 21.8 Å². The fourth-order valence-electron chi connectivity index (χ4n) is 1.93. The Balaban J connectivity index is 2.27. The molecule has 0 spiro atoms. The quantitative estimate of drug-likeness (QED) is 0.908. The summed E-state index contributed by atoms with van der Waals surface area (Å²) in [7, 11) is 0. The van der Waals surface area contributed by atoms with E-state index in [1.165, 1.54) is 6.07 Å². The van der Waals surface area contributed by atoms with Gasteiger partial charge >= 0.3 is 0 Å². The van der Waals surface area contributed by atoms with Crippen LogP contribution in [0.2, 0.25) is 0 Å². The second-order valence-electron chi connectivity index (χ2n) is 4.22. The van der Waals surface area contributed by atoms with Gasteiger partial charge in [0.2, 0.25) is 0 Å². The molecule has 0 aliphatic heterocycles. The minimum absolute atomic E-state index is 0.122. The number of benzene rings is 1. The third kappa shape index (κ3) is 3.30. The molecule has 1 atom stereocenters. The number of aromatic nitrogens is 1. The number of aliphatic hydroxyl groups is 1. The van der Waals surface area contributed by atoms with Gasteiger partial charge in [-0.15, -0.1) is 0 Å². The summed E-state index contributed by atoms with van der Waals surface area (Å²) in [5.74, 6) is -0.561. The molecule has 3 nitrogen and oxygen atoms in total. The van der Waals surface area contributed by atoms with Gasteiger partial charge in [-0.3, -0.25) is 4.98 Å². The largest absolute Gasteiger partial charge is 0.508 e. The first-order chi connectivity index (χ1) is 9.11. The van der Waals surface area contributed by atoms with Crippen LogP contribution in [0.4, 0.5) is 4.39 Å². The number of para-hydroxylation sites is 1. The maximum absolute atomic E-state index is 13.0. The van der Waals surface area contributed by atoms with Crippen molar-refractivity contribution in [3.05, 3.63) is 58.1 Å². The van der Waals surface area contributed by atoms with E-state index in [-0.39, 0.29) is 18.3 Å². The lowest BCUT2D eigenvalue weighted by atomic mass is 9.94. The molecule has 0 aliphatic carbocycles. The Morgan fingerprint density at radius 3 is 2.68 bits per heavy atom. The van der Waals surface area contributed by atoms with Crippen molar-refractivity contribution in [1.29, 1.82) is 0 Å². The molecule has 19 heavy (non-hydrogen) atoms. The highest BCUT2D eigenvalue weighted by Gasteiger charge is 2.17. The highest BCUT2D eigenvalue weighted by molar-refractivity contribution is 9.10. The van der Waals surface area contributed by atoms with E-state index in [1.807, 2.05) is 0 Å². The number of rotatable bonds is 4. The molecule has 0 aliphatic rings. The average molecular weight is 326 g/mol. The summed E-state index contributed by atoms with van der Waals surface area (Å²) in [6.07, 6.45) is 1.55. The van der Waals surface area contributed by atoms with Gasteiger partial charge in [0.15, 0.2) is 0 Å². The van der Waals surface area contributed by atoms with Crippen LogP contribution in [0.5, 0.6) is 5.75 Å². The van der Waals surface area contributed by atoms with Crippen LogP contribution in [0.3, 0.4) is 0 Å². The van der Waals surface area contributed by atoms with Crippen molar-refractivity contribution in [2.75, 3.05) is 6.61 Å². The van der Waals surface area contributed by atoms with Crippen molar-refractivity contribution < 1.29 is 14.6 Å². The van der Waals surface area contributed by atoms with Crippen molar-refractivity contribution in [2.45, 2.75) is 12.3 Å². The van der Waals surface area contributed by atoms with E-state index in [0.29, 0.717) is 22.2 Å². The number of aromatic hydroxyl groups is 1. The van der Waals surface area contributed by atoms with Crippen LogP contribution in [0, 0.1) is 5.82 Å². The maximum atomic E-state index is 13.0. The normalized spacial score (nSPS) is 12.4. The van der Waals surface area contributed by atoms with E-state index >= 15 is 0 Å². The van der Waals surface area contributed by atoms with Gasteiger partial charge in [-0.1, -0.05) is 18.2 Å². The number of nitrogens with zero attached hydrogens (tertiary/aromatic N) is 1. The molecule has 1 unspecified atom stereocenters. The highest BCUT2D eigenvalue weighted by Crippen LogP contribution is 2.29. The Hall–Kier alpha value is -1.46. The molecule has 1 heterocycles. The van der Waals surface area contributed by atoms with Gasteiger partial charge < -0.3 is 10.2 Å². The van der Waals surface area contributed by atoms with Crippen molar-refractivity contribution in [2.24, 2.45) is 0 Å². The molecule has 100 valence electrons. The van der Waals surface area contributed by atoms with E-state index in [0.717, 1.165) is 6.20 Å². The van der Waals surface area contributed by atoms with Crippen LogP contribution in [-0.2, 0) is 6.42 Å². The number of pyridine rings is 1. The smallest absolute Gasteiger partial charge is 0.142 e. The summed E-state index contributed by atoms with van der Waals surface area (Å²) in [5, 5.41) is 19.3. The first-order valence-corrected chi connectivity index (χ1v) is 6.59. The molecule has 0 radical (unpaired) electrons. The Bertz CT molecular complexity index is 577. The molecule has 1 aromatic carbocycles. The van der Waals surface area contributed by atoms with Gasteiger partial charge in [0.1, 0.15) is 11.6 Å². The number of phenolic OH excluding ortho intramolecular Hbond substituents is 1. The van der Waals surface area contributed by atoms with E-state index in [4.69, 9.17) is 0 Å². The summed E-state index contributed by atoms with van der Waals surface area (Å²) in [6, 6.07) is 8.19. The fraction of sp³-hybridized carbons (Fsp3) is 0.214. The SMILES string of the molecule is OCC(Cc1ncc(F)cc1Br)c1ccccc1O. The predicted molar refractivity (Wildman–Crippen MR) is 73.5 cm³/mol. The lowest BCUT2D eigenvalue weighted by Gasteiger charge is -2.16. The first-order valence-electron chi connectivity index (χ1n) is 5.80. The maximum Gasteiger partial charge on any atom is 0.142 e. The zero-order valence-corrected chi connectivity index (χ0v) is 11.6. The second kappa shape index (κ2) is 6.12. The third-order valence-electron chi connectivity index (χ3n) is 2.92. The van der Waals surface area contributed by atoms with Crippen LogP contribution in [0.1, 0.15) is 17.2 Å². The standard InChI is InChI=1S/C14H13BrFNO2/c15-12-6-10(16)7-17-13(12)5-9(8-18)11-3-1-2-4-14(11)19/h1-4,6-7,9,18-19H,5,8H2. The summed E-state index contributed by atoms with van der Waals surface area (Å²) >= 11 is 3.25. The molecule has 0 amide bonds. The first kappa shape index (κ1) is 14.0. The van der Waals surface area contributed by atoms with Crippen molar-refractivity contribution >= 4 is 15.9 Å². The van der Waals surface area contributed by atoms with Gasteiger partial charge in [-0.2, -0.15) is 0 Å². The van der Waals surface area contributed by atoms with Gasteiger partial charge in [0.05, 0.1) is 18.5 Å². The average Bonchev–Trinajstić information content (AvgIpc) is 2.39. The summed E-state index contributed by atoms with van der Waals surface area (Å²) in [4.78, 5) is 4.01. The molecule has 2 N–H and O–H groups in total. The molecular weight excluding hydrogens is 313 g/mol. The summed E-state index contributed by atoms with van der Waals surface area (Å²) < 4.78 is 13.5. The predicted octanol–water partition coefficient (Wildman–Crippen LogP) is 3.01. The van der Waals surface area contributed by atoms with E-state index in [2.05, 4.69) is 20.9 Å². The van der Waals surface area contributed by atoms with Crippen molar-refractivity contribution in [3.8, 4) is 5.75 Å². The summed E-state index contributed by atoms with van der Waals surface area (Å²) in [6.45, 7) is -0.122. The number of aliphatic hydroxyl groups excluding tert-OH is 1. The van der Waals surface area contributed by atoms with Gasteiger partial charge in [-0.25, -0.2) is 4.39 Å². The molecule has 1 aromatic heterocycles. The number of halogens is 2. The molecule has 0 saturated heterocycles. The van der Waals surface area contributed by atoms with E-state index in [9.17, 15) is 14.6 Å². The minimum Gasteiger partial charge on any atom is -0.508 e. The lowest BCUT2D eigenvalue weighted by molar-refractivity contribution is 0.261. The zero-order chi connectivity index (χ0) is 13.8. The monoisotopic (exact) mass is 325 g/mol. The van der Waals surface area contributed by atoms with Gasteiger partial charge in [0, 0.05) is 10.4 Å². The number of phenols is 1. The van der Waals surface area contributed by atoms with E-state index in [1.54, 1.807) is 24.3 Å². The second-order valence-corrected chi connectivity index (χ2v) is 5.08. The molecule has 0 bridgehead atoms. The van der Waals surface area contributed by atoms with Crippen LogP contribution in [0.15, 0.2) is 41.0 Å². The number of hydrogen-bond acceptors (Lipinski definition) is 3. The Morgan fingerprint density at radius 1 is 1.32 bits per heavy atom. The van der Waals surface area contributed by atoms with Gasteiger partial charge in [-0.05, 0) is 40.0 Å². The van der Waals surface area contributed by atoms with Crippen molar-refractivity contribution in [3.63, 3.8) is 0 Å². The Morgan fingerprint density at radius 2 is 2.05 bits per heavy atom. The molecule has 0 fully saturated rings. The van der Waals surface area contributed by atoms with Crippen molar-refractivity contribution in [1.82, 2.24) is 4.98 Å². The van der Waals surface area contributed by atoms with Crippen LogP contribution < -0.4 is 0 Å². The third-order valence-corrected chi connectivity index (χ3v) is 3.61. The topological polar surface area (TPSA) is 53.4 Å². The Kier molecular flexibility index (Phi) is 4.50. The molecular formula is C14H13BrFNO2. The molecule has 5 heteroatoms. The molecule has 2 rings (SSSR count). The van der Waals surface area contributed by atoms with Crippen LogP contribution >= 0.6 is 15.9 Å². The Labute approximate surface area is 118 Å². The zero-order valence-electron chi connectivity index (χ0n) is 10.1. The number of hydrogen-bond donors (Lipinski definition) is 2. The molecule has 2 aromatic rings. The highest BCUT2D eigenvalue weighted by atomic mass is 79.9.